The molecule has 1 aromatic heterocycles. The van der Waals surface area contributed by atoms with Gasteiger partial charge in [-0.2, -0.15) is 22.0 Å². The summed E-state index contributed by atoms with van der Waals surface area (Å²) < 4.78 is 65.9. The van der Waals surface area contributed by atoms with E-state index >= 15 is 0 Å². The Balaban J connectivity index is 2.49. The highest BCUT2D eigenvalue weighted by Gasteiger charge is 2.57. The lowest BCUT2D eigenvalue weighted by Crippen LogP contribution is -2.40. The number of ether oxygens (including phenoxy) is 1. The van der Waals surface area contributed by atoms with Gasteiger partial charge in [-0.1, -0.05) is 6.92 Å². The fraction of sp³-hybridized carbons (Fsp3) is 0.692. The first-order chi connectivity index (χ1) is 9.67. The molecule has 0 saturated carbocycles. The predicted octanol–water partition coefficient (Wildman–Crippen LogP) is 4.27. The number of rotatable bonds is 8. The summed E-state index contributed by atoms with van der Waals surface area (Å²) >= 11 is 1.48. The van der Waals surface area contributed by atoms with Gasteiger partial charge in [-0.3, -0.25) is 0 Å². The van der Waals surface area contributed by atoms with Crippen LogP contribution in [0, 0.1) is 6.92 Å². The Hall–Kier alpha value is -0.730. The minimum absolute atomic E-state index is 0.248. The normalized spacial score (nSPS) is 12.9. The van der Waals surface area contributed by atoms with Gasteiger partial charge in [0.1, 0.15) is 6.61 Å². The molecule has 122 valence electrons. The first kappa shape index (κ1) is 18.3. The molecule has 0 atom stereocenters. The number of hydrogen-bond acceptors (Lipinski definition) is 3. The Bertz CT molecular complexity index is 444. The highest BCUT2D eigenvalue weighted by Crippen LogP contribution is 2.35. The molecule has 0 radical (unpaired) electrons. The van der Waals surface area contributed by atoms with Gasteiger partial charge in [0.2, 0.25) is 0 Å². The van der Waals surface area contributed by atoms with Crippen molar-refractivity contribution in [1.29, 1.82) is 0 Å². The molecule has 8 heteroatoms. The molecule has 0 aromatic carbocycles. The topological polar surface area (TPSA) is 21.3 Å². The van der Waals surface area contributed by atoms with Crippen molar-refractivity contribution in [3.63, 3.8) is 0 Å². The van der Waals surface area contributed by atoms with Gasteiger partial charge in [0, 0.05) is 16.3 Å². The molecule has 0 bridgehead atoms. The van der Waals surface area contributed by atoms with E-state index in [-0.39, 0.29) is 6.61 Å². The maximum absolute atomic E-state index is 12.7. The van der Waals surface area contributed by atoms with Gasteiger partial charge in [-0.15, -0.1) is 11.3 Å². The fourth-order valence-corrected chi connectivity index (χ4v) is 2.60. The molecule has 1 aromatic rings. The maximum Gasteiger partial charge on any atom is 0.455 e. The fourth-order valence-electron chi connectivity index (χ4n) is 1.58. The van der Waals surface area contributed by atoms with E-state index in [0.29, 0.717) is 12.1 Å². The van der Waals surface area contributed by atoms with Crippen LogP contribution in [0.4, 0.5) is 22.0 Å². The van der Waals surface area contributed by atoms with Gasteiger partial charge in [-0.25, -0.2) is 0 Å². The van der Waals surface area contributed by atoms with Gasteiger partial charge in [0.05, 0.1) is 6.61 Å². The summed E-state index contributed by atoms with van der Waals surface area (Å²) in [5.74, 6) is -4.82. The van der Waals surface area contributed by atoms with Crippen LogP contribution in [0.2, 0.25) is 0 Å². The van der Waals surface area contributed by atoms with Crippen LogP contribution in [0.25, 0.3) is 0 Å². The third-order valence-corrected chi connectivity index (χ3v) is 3.85. The van der Waals surface area contributed by atoms with Crippen LogP contribution in [0.3, 0.4) is 0 Å². The Morgan fingerprint density at radius 2 is 1.90 bits per heavy atom. The second-order valence-corrected chi connectivity index (χ2v) is 6.01. The van der Waals surface area contributed by atoms with E-state index in [1.54, 1.807) is 13.0 Å². The lowest BCUT2D eigenvalue weighted by molar-refractivity contribution is -0.297. The van der Waals surface area contributed by atoms with Crippen molar-refractivity contribution < 1.29 is 26.7 Å². The molecule has 0 amide bonds. The zero-order valence-electron chi connectivity index (χ0n) is 11.8. The molecule has 2 nitrogen and oxygen atoms in total. The summed E-state index contributed by atoms with van der Waals surface area (Å²) in [7, 11) is 0. The molecular formula is C13H18F5NOS. The molecule has 0 aliphatic rings. The monoisotopic (exact) mass is 331 g/mol. The molecule has 0 unspecified atom stereocenters. The number of aryl methyl sites for hydroxylation is 1. The zero-order valence-corrected chi connectivity index (χ0v) is 12.6. The van der Waals surface area contributed by atoms with E-state index in [0.717, 1.165) is 22.7 Å². The molecule has 1 rings (SSSR count). The summed E-state index contributed by atoms with van der Waals surface area (Å²) in [4.78, 5) is 1.86. The Labute approximate surface area is 124 Å². The van der Waals surface area contributed by atoms with Crippen LogP contribution in [-0.4, -0.2) is 25.3 Å². The first-order valence-electron chi connectivity index (χ1n) is 6.48. The Morgan fingerprint density at radius 3 is 2.48 bits per heavy atom. The highest BCUT2D eigenvalue weighted by atomic mass is 32.1. The summed E-state index contributed by atoms with van der Waals surface area (Å²) in [5.41, 5.74) is 0.645. The lowest BCUT2D eigenvalue weighted by atomic mass is 10.2. The smallest absolute Gasteiger partial charge is 0.370 e. The quantitative estimate of drug-likeness (QED) is 0.567. The lowest BCUT2D eigenvalue weighted by Gasteiger charge is -2.19. The van der Waals surface area contributed by atoms with Crippen molar-refractivity contribution >= 4 is 11.3 Å². The van der Waals surface area contributed by atoms with E-state index in [9.17, 15) is 22.0 Å². The molecular weight excluding hydrogens is 313 g/mol. The van der Waals surface area contributed by atoms with Crippen LogP contribution >= 0.6 is 11.3 Å². The van der Waals surface area contributed by atoms with Crippen LogP contribution in [0.15, 0.2) is 6.07 Å². The SMILES string of the molecule is CCCNCc1cc(COCC(F)(F)C(F)(F)F)c(C)s1. The molecule has 0 spiro atoms. The molecule has 1 N–H and O–H groups in total. The minimum Gasteiger partial charge on any atom is -0.370 e. The van der Waals surface area contributed by atoms with Crippen LogP contribution in [0.5, 0.6) is 0 Å². The number of nitrogens with one attached hydrogen (secondary N) is 1. The van der Waals surface area contributed by atoms with Crippen molar-refractivity contribution in [2.75, 3.05) is 13.2 Å². The van der Waals surface area contributed by atoms with E-state index < -0.39 is 18.7 Å². The minimum atomic E-state index is -5.58. The molecule has 0 aliphatic carbocycles. The molecule has 0 aliphatic heterocycles. The standard InChI is InChI=1S/C13H18F5NOS/c1-3-4-19-6-11-5-10(9(2)21-11)7-20-8-12(14,15)13(16,17)18/h5,19H,3-4,6-8H2,1-2H3. The maximum atomic E-state index is 12.7. The van der Waals surface area contributed by atoms with E-state index in [1.165, 1.54) is 11.3 Å². The van der Waals surface area contributed by atoms with E-state index in [4.69, 9.17) is 0 Å². The average Bonchev–Trinajstić information content (AvgIpc) is 2.69. The molecule has 0 saturated heterocycles. The number of hydrogen-bond donors (Lipinski definition) is 1. The Kier molecular flexibility index (Phi) is 6.55. The highest BCUT2D eigenvalue weighted by molar-refractivity contribution is 7.12. The molecule has 1 heterocycles. The van der Waals surface area contributed by atoms with Gasteiger partial charge >= 0.3 is 12.1 Å². The van der Waals surface area contributed by atoms with Crippen molar-refractivity contribution in [2.24, 2.45) is 0 Å². The second kappa shape index (κ2) is 7.51. The van der Waals surface area contributed by atoms with Crippen LogP contribution < -0.4 is 5.32 Å². The molecule has 21 heavy (non-hydrogen) atoms. The largest absolute Gasteiger partial charge is 0.455 e. The number of alkyl halides is 5. The summed E-state index contributed by atoms with van der Waals surface area (Å²) in [6.45, 7) is 3.43. The zero-order chi connectivity index (χ0) is 16.1. The second-order valence-electron chi connectivity index (χ2n) is 4.67. The average molecular weight is 331 g/mol. The third-order valence-electron chi connectivity index (χ3n) is 2.75. The van der Waals surface area contributed by atoms with Crippen molar-refractivity contribution in [3.8, 4) is 0 Å². The summed E-state index contributed by atoms with van der Waals surface area (Å²) in [5, 5.41) is 3.19. The van der Waals surface area contributed by atoms with Crippen LogP contribution in [0.1, 0.15) is 28.7 Å². The first-order valence-corrected chi connectivity index (χ1v) is 7.30. The Morgan fingerprint density at radius 1 is 1.24 bits per heavy atom. The summed E-state index contributed by atoms with van der Waals surface area (Å²) in [6.07, 6.45) is -4.58. The van der Waals surface area contributed by atoms with Crippen molar-refractivity contribution in [1.82, 2.24) is 5.32 Å². The van der Waals surface area contributed by atoms with E-state index in [2.05, 4.69) is 10.1 Å². The van der Waals surface area contributed by atoms with Crippen molar-refractivity contribution in [2.45, 2.75) is 45.5 Å². The van der Waals surface area contributed by atoms with Gasteiger partial charge in [0.25, 0.3) is 0 Å². The predicted molar refractivity (Wildman–Crippen MR) is 71.7 cm³/mol. The van der Waals surface area contributed by atoms with Crippen LogP contribution in [-0.2, 0) is 17.9 Å². The molecule has 0 fully saturated rings. The van der Waals surface area contributed by atoms with Crippen molar-refractivity contribution in [3.05, 3.63) is 21.4 Å². The van der Waals surface area contributed by atoms with Gasteiger partial charge in [-0.05, 0) is 31.5 Å². The summed E-state index contributed by atoms with van der Waals surface area (Å²) in [6, 6.07) is 1.77. The number of thiophene rings is 1. The number of halogens is 5. The van der Waals surface area contributed by atoms with Gasteiger partial charge < -0.3 is 10.1 Å². The third kappa shape index (κ3) is 5.52. The van der Waals surface area contributed by atoms with Gasteiger partial charge in [0.15, 0.2) is 0 Å². The van der Waals surface area contributed by atoms with E-state index in [1.807, 2.05) is 6.92 Å².